The zero-order valence-corrected chi connectivity index (χ0v) is 17.5. The quantitative estimate of drug-likeness (QED) is 0.370. The lowest BCUT2D eigenvalue weighted by molar-refractivity contribution is 0.245. The maximum absolute atomic E-state index is 12.8. The van der Waals surface area contributed by atoms with Crippen LogP contribution in [0.5, 0.6) is 0 Å². The number of pyridine rings is 1. The number of rotatable bonds is 2. The molecule has 2 aliphatic rings. The molecule has 156 valence electrons. The van der Waals surface area contributed by atoms with Crippen molar-refractivity contribution in [3.05, 3.63) is 76.9 Å². The summed E-state index contributed by atoms with van der Waals surface area (Å²) < 4.78 is 7.67. The maximum Gasteiger partial charge on any atom is 0.345 e. The Morgan fingerprint density at radius 3 is 2.94 bits per heavy atom. The molecule has 6 heteroatoms. The fraction of sp³-hybridized carbons (Fsp3) is 0.280. The Morgan fingerprint density at radius 2 is 2.03 bits per heavy atom. The molecular weight excluding hydrogens is 388 g/mol. The summed E-state index contributed by atoms with van der Waals surface area (Å²) in [6.45, 7) is 10.3. The van der Waals surface area contributed by atoms with Gasteiger partial charge >= 0.3 is 5.63 Å². The van der Waals surface area contributed by atoms with Crippen molar-refractivity contribution in [3.63, 3.8) is 0 Å². The van der Waals surface area contributed by atoms with Gasteiger partial charge < -0.3 is 13.7 Å². The van der Waals surface area contributed by atoms with Crippen LogP contribution in [-0.2, 0) is 0 Å². The van der Waals surface area contributed by atoms with E-state index < -0.39 is 0 Å². The molecular formula is C25H24N4O2. The zero-order chi connectivity index (χ0) is 21.1. The lowest BCUT2D eigenvalue weighted by atomic mass is 10.1. The molecule has 0 aliphatic carbocycles. The number of benzene rings is 1. The van der Waals surface area contributed by atoms with Crippen molar-refractivity contribution >= 4 is 22.3 Å². The summed E-state index contributed by atoms with van der Waals surface area (Å²) in [7, 11) is 0. The van der Waals surface area contributed by atoms with Crippen LogP contribution in [0, 0.1) is 6.92 Å². The largest absolute Gasteiger partial charge is 0.422 e. The van der Waals surface area contributed by atoms with Crippen molar-refractivity contribution in [2.45, 2.75) is 19.4 Å². The molecule has 2 saturated heterocycles. The van der Waals surface area contributed by atoms with Gasteiger partial charge in [0, 0.05) is 61.8 Å². The third-order valence-electron chi connectivity index (χ3n) is 6.66. The van der Waals surface area contributed by atoms with E-state index in [9.17, 15) is 4.79 Å². The van der Waals surface area contributed by atoms with Gasteiger partial charge in [0.1, 0.15) is 11.2 Å². The lowest BCUT2D eigenvalue weighted by Crippen LogP contribution is -2.50. The smallest absolute Gasteiger partial charge is 0.345 e. The molecule has 31 heavy (non-hydrogen) atoms. The number of aryl methyl sites for hydroxylation is 1. The van der Waals surface area contributed by atoms with Crippen LogP contribution in [0.3, 0.4) is 0 Å². The number of imidazole rings is 1. The van der Waals surface area contributed by atoms with E-state index >= 15 is 0 Å². The Bertz CT molecular complexity index is 1400. The minimum atomic E-state index is -0.362. The highest BCUT2D eigenvalue weighted by Crippen LogP contribution is 2.30. The second-order valence-electron chi connectivity index (χ2n) is 8.67. The van der Waals surface area contributed by atoms with Gasteiger partial charge in [-0.3, -0.25) is 4.90 Å². The first-order valence-corrected chi connectivity index (χ1v) is 10.8. The number of piperazine rings is 1. The molecule has 6 rings (SSSR count). The third-order valence-corrected chi connectivity index (χ3v) is 6.66. The number of hydrogen-bond acceptors (Lipinski definition) is 5. The zero-order valence-electron chi connectivity index (χ0n) is 17.5. The summed E-state index contributed by atoms with van der Waals surface area (Å²) in [6, 6.07) is 12.5. The molecule has 0 N–H and O–H groups in total. The molecule has 0 radical (unpaired) electrons. The van der Waals surface area contributed by atoms with Crippen molar-refractivity contribution in [2.75, 3.05) is 31.1 Å². The molecule has 6 nitrogen and oxygen atoms in total. The van der Waals surface area contributed by atoms with Crippen LogP contribution < -0.4 is 10.5 Å². The summed E-state index contributed by atoms with van der Waals surface area (Å²) >= 11 is 0. The average Bonchev–Trinajstić information content (AvgIpc) is 3.35. The Morgan fingerprint density at radius 1 is 1.13 bits per heavy atom. The van der Waals surface area contributed by atoms with E-state index in [0.717, 1.165) is 54.9 Å². The van der Waals surface area contributed by atoms with Crippen LogP contribution in [-0.4, -0.2) is 46.5 Å². The summed E-state index contributed by atoms with van der Waals surface area (Å²) in [5.74, 6) is 0. The predicted molar refractivity (Wildman–Crippen MR) is 123 cm³/mol. The first-order valence-electron chi connectivity index (χ1n) is 10.8. The Balaban J connectivity index is 1.36. The van der Waals surface area contributed by atoms with Crippen LogP contribution in [0.4, 0.5) is 5.69 Å². The minimum absolute atomic E-state index is 0.362. The number of nitrogens with zero attached hydrogens (tertiary/aromatic N) is 4. The van der Waals surface area contributed by atoms with Gasteiger partial charge in [0.15, 0.2) is 0 Å². The van der Waals surface area contributed by atoms with E-state index in [2.05, 4.69) is 27.4 Å². The highest BCUT2D eigenvalue weighted by molar-refractivity contribution is 5.84. The molecule has 1 aromatic carbocycles. The van der Waals surface area contributed by atoms with Gasteiger partial charge in [-0.15, -0.1) is 0 Å². The summed E-state index contributed by atoms with van der Waals surface area (Å²) in [5.41, 5.74) is 5.72. The van der Waals surface area contributed by atoms with Crippen molar-refractivity contribution in [3.8, 4) is 11.3 Å². The monoisotopic (exact) mass is 412 g/mol. The van der Waals surface area contributed by atoms with Gasteiger partial charge in [0.05, 0.1) is 11.3 Å². The van der Waals surface area contributed by atoms with E-state index in [1.54, 1.807) is 0 Å². The van der Waals surface area contributed by atoms with Crippen molar-refractivity contribution in [2.24, 2.45) is 0 Å². The molecule has 0 amide bonds. The molecule has 0 bridgehead atoms. The first-order chi connectivity index (χ1) is 15.0. The van der Waals surface area contributed by atoms with Gasteiger partial charge in [-0.25, -0.2) is 9.78 Å². The summed E-state index contributed by atoms with van der Waals surface area (Å²) in [5, 5.41) is 0.899. The van der Waals surface area contributed by atoms with E-state index in [-0.39, 0.29) is 5.63 Å². The molecule has 2 fully saturated rings. The van der Waals surface area contributed by atoms with Gasteiger partial charge in [-0.2, -0.15) is 0 Å². The third kappa shape index (κ3) is 3.06. The lowest BCUT2D eigenvalue weighted by Gasteiger charge is -2.39. The molecule has 4 aromatic rings. The number of anilines is 1. The topological polar surface area (TPSA) is 54.0 Å². The number of hydrogen-bond donors (Lipinski definition) is 0. The Labute approximate surface area is 180 Å². The van der Waals surface area contributed by atoms with Crippen LogP contribution in [0.2, 0.25) is 0 Å². The fourth-order valence-corrected chi connectivity index (χ4v) is 4.85. The molecule has 1 atom stereocenters. The van der Waals surface area contributed by atoms with Gasteiger partial charge in [0.2, 0.25) is 0 Å². The predicted octanol–water partition coefficient (Wildman–Crippen LogP) is 3.87. The highest BCUT2D eigenvalue weighted by atomic mass is 16.4. The van der Waals surface area contributed by atoms with Crippen LogP contribution in [0.25, 0.3) is 27.9 Å². The Hall–Kier alpha value is -3.38. The van der Waals surface area contributed by atoms with Crippen LogP contribution >= 0.6 is 0 Å². The van der Waals surface area contributed by atoms with E-state index in [1.807, 2.05) is 54.0 Å². The molecule has 2 aliphatic heterocycles. The van der Waals surface area contributed by atoms with Crippen molar-refractivity contribution in [1.82, 2.24) is 14.3 Å². The van der Waals surface area contributed by atoms with Gasteiger partial charge in [-0.1, -0.05) is 12.2 Å². The molecule has 1 unspecified atom stereocenters. The average molecular weight is 412 g/mol. The molecule has 3 aromatic heterocycles. The van der Waals surface area contributed by atoms with Crippen molar-refractivity contribution in [1.29, 1.82) is 0 Å². The minimum Gasteiger partial charge on any atom is -0.422 e. The van der Waals surface area contributed by atoms with Gasteiger partial charge in [0.25, 0.3) is 0 Å². The maximum atomic E-state index is 12.8. The first kappa shape index (κ1) is 18.4. The van der Waals surface area contributed by atoms with E-state index in [1.165, 1.54) is 5.57 Å². The Kier molecular flexibility index (Phi) is 4.05. The molecule has 0 spiro atoms. The van der Waals surface area contributed by atoms with Crippen LogP contribution in [0.15, 0.2) is 70.2 Å². The second-order valence-corrected chi connectivity index (χ2v) is 8.67. The van der Waals surface area contributed by atoms with Gasteiger partial charge in [-0.05, 0) is 49.2 Å². The van der Waals surface area contributed by atoms with Crippen LogP contribution in [0.1, 0.15) is 12.0 Å². The van der Waals surface area contributed by atoms with Crippen molar-refractivity contribution < 1.29 is 4.42 Å². The second kappa shape index (κ2) is 6.82. The van der Waals surface area contributed by atoms with E-state index in [0.29, 0.717) is 22.9 Å². The fourth-order valence-electron chi connectivity index (χ4n) is 4.85. The highest BCUT2D eigenvalue weighted by Gasteiger charge is 2.33. The normalized spacial score (nSPS) is 19.5. The molecule has 5 heterocycles. The molecule has 0 saturated carbocycles. The number of fused-ring (bicyclic) bond motifs is 3. The number of aromatic nitrogens is 2. The van der Waals surface area contributed by atoms with E-state index in [4.69, 9.17) is 4.42 Å². The standard InChI is InChI=1S/C25H24N4O2/c1-16-5-7-29-14-21(26-24(29)11-16)20-12-18-3-4-19(13-23(18)31-25(20)30)28-10-9-27-8-6-17(2)22(27)15-28/h3-5,7,11-14,22H,2,6,8-10,15H2,1H3. The summed E-state index contributed by atoms with van der Waals surface area (Å²) in [4.78, 5) is 22.3. The SMILES string of the molecule is C=C1CCN2CCN(c3ccc4cc(-c5cn6ccc(C)cc6n5)c(=O)oc4c3)CC12. The summed E-state index contributed by atoms with van der Waals surface area (Å²) in [6.07, 6.45) is 4.92.